The summed E-state index contributed by atoms with van der Waals surface area (Å²) in [5.41, 5.74) is 1.20. The summed E-state index contributed by atoms with van der Waals surface area (Å²) < 4.78 is 11.4. The minimum atomic E-state index is 0.464. The van der Waals surface area contributed by atoms with Crippen LogP contribution < -0.4 is 9.47 Å². The van der Waals surface area contributed by atoms with Crippen LogP contribution in [0.4, 0.5) is 0 Å². The lowest BCUT2D eigenvalue weighted by Crippen LogP contribution is -2.43. The molecule has 4 rings (SSSR count). The molecule has 1 aromatic heterocycles. The summed E-state index contributed by atoms with van der Waals surface area (Å²) >= 11 is 0. The minimum absolute atomic E-state index is 0.464. The summed E-state index contributed by atoms with van der Waals surface area (Å²) in [6.07, 6.45) is 8.76. The van der Waals surface area contributed by atoms with E-state index in [9.17, 15) is 0 Å². The van der Waals surface area contributed by atoms with Gasteiger partial charge in [0, 0.05) is 49.1 Å². The van der Waals surface area contributed by atoms with Crippen molar-refractivity contribution in [2.24, 2.45) is 5.92 Å². The lowest BCUT2D eigenvalue weighted by Gasteiger charge is -2.35. The van der Waals surface area contributed by atoms with E-state index in [1.54, 1.807) is 7.11 Å². The van der Waals surface area contributed by atoms with E-state index in [-0.39, 0.29) is 0 Å². The van der Waals surface area contributed by atoms with Crippen LogP contribution >= 0.6 is 0 Å². The molecule has 2 heterocycles. The fraction of sp³-hybridized carbons (Fsp3) is 0.524. The summed E-state index contributed by atoms with van der Waals surface area (Å²) in [5, 5.41) is 0. The van der Waals surface area contributed by atoms with Gasteiger partial charge in [0.15, 0.2) is 0 Å². The fourth-order valence-electron chi connectivity index (χ4n) is 4.39. The number of fused-ring (bicyclic) bond motifs is 2. The molecule has 1 aliphatic carbocycles. The van der Waals surface area contributed by atoms with Crippen LogP contribution in [0.1, 0.15) is 37.6 Å². The number of aryl methyl sites for hydroxylation is 1. The van der Waals surface area contributed by atoms with Crippen molar-refractivity contribution in [2.75, 3.05) is 13.7 Å². The van der Waals surface area contributed by atoms with Crippen LogP contribution in [-0.2, 0) is 13.0 Å². The second-order valence-electron chi connectivity index (χ2n) is 7.32. The number of piperidine rings is 1. The van der Waals surface area contributed by atoms with Crippen LogP contribution in [0.25, 0.3) is 0 Å². The third-order valence-corrected chi connectivity index (χ3v) is 5.79. The Balaban J connectivity index is 1.43. The predicted octanol–water partition coefficient (Wildman–Crippen LogP) is 3.48. The van der Waals surface area contributed by atoms with Crippen molar-refractivity contribution in [1.82, 2.24) is 14.9 Å². The van der Waals surface area contributed by atoms with Crippen LogP contribution in [0.5, 0.6) is 11.5 Å². The van der Waals surface area contributed by atoms with Gasteiger partial charge in [-0.05, 0) is 37.3 Å². The molecule has 0 spiro atoms. The minimum Gasteiger partial charge on any atom is -0.497 e. The first-order chi connectivity index (χ1) is 12.8. The molecular weight excluding hydrogens is 326 g/mol. The molecule has 0 radical (unpaired) electrons. The van der Waals surface area contributed by atoms with Crippen LogP contribution in [0, 0.1) is 5.92 Å². The van der Waals surface area contributed by atoms with Crippen LogP contribution in [0.2, 0.25) is 0 Å². The van der Waals surface area contributed by atoms with Gasteiger partial charge in [-0.3, -0.25) is 4.90 Å². The van der Waals surface area contributed by atoms with E-state index in [4.69, 9.17) is 9.47 Å². The maximum atomic E-state index is 6.14. The number of methoxy groups -OCH3 is 1. The van der Waals surface area contributed by atoms with E-state index < -0.39 is 0 Å². The summed E-state index contributed by atoms with van der Waals surface area (Å²) in [6, 6.07) is 9.00. The molecule has 2 fully saturated rings. The second-order valence-corrected chi connectivity index (χ2v) is 7.32. The molecule has 2 bridgehead atoms. The van der Waals surface area contributed by atoms with Gasteiger partial charge in [-0.2, -0.15) is 0 Å². The number of hydrogen-bond acceptors (Lipinski definition) is 5. The molecule has 26 heavy (non-hydrogen) atoms. The van der Waals surface area contributed by atoms with Crippen molar-refractivity contribution in [2.45, 2.75) is 51.2 Å². The number of ether oxygens (including phenoxy) is 2. The molecule has 2 aromatic rings. The molecule has 0 unspecified atom stereocenters. The highest BCUT2D eigenvalue weighted by molar-refractivity contribution is 5.32. The zero-order valence-electron chi connectivity index (χ0n) is 15.6. The van der Waals surface area contributed by atoms with Crippen molar-refractivity contribution in [3.8, 4) is 11.5 Å². The van der Waals surface area contributed by atoms with Crippen molar-refractivity contribution < 1.29 is 9.47 Å². The van der Waals surface area contributed by atoms with Gasteiger partial charge >= 0.3 is 0 Å². The van der Waals surface area contributed by atoms with Gasteiger partial charge in [-0.25, -0.2) is 9.97 Å². The Morgan fingerprint density at radius 3 is 2.73 bits per heavy atom. The summed E-state index contributed by atoms with van der Waals surface area (Å²) in [4.78, 5) is 11.5. The smallest absolute Gasteiger partial charge is 0.127 e. The highest BCUT2D eigenvalue weighted by Crippen LogP contribution is 2.43. The van der Waals surface area contributed by atoms with E-state index in [1.807, 2.05) is 36.7 Å². The summed E-state index contributed by atoms with van der Waals surface area (Å²) in [7, 11) is 1.68. The zero-order valence-corrected chi connectivity index (χ0v) is 15.6. The maximum Gasteiger partial charge on any atom is 0.127 e. The lowest BCUT2D eigenvalue weighted by molar-refractivity contribution is 0.0864. The first-order valence-electron chi connectivity index (χ1n) is 9.59. The van der Waals surface area contributed by atoms with Crippen molar-refractivity contribution in [1.29, 1.82) is 0 Å². The number of aromatic nitrogens is 2. The number of hydrogen-bond donors (Lipinski definition) is 0. The molecule has 1 saturated heterocycles. The van der Waals surface area contributed by atoms with Gasteiger partial charge < -0.3 is 9.47 Å². The van der Waals surface area contributed by atoms with Crippen molar-refractivity contribution in [3.63, 3.8) is 0 Å². The average Bonchev–Trinajstić information content (AvgIpc) is 3.29. The highest BCUT2D eigenvalue weighted by Gasteiger charge is 2.45. The van der Waals surface area contributed by atoms with Crippen LogP contribution in [0.15, 0.2) is 36.7 Å². The monoisotopic (exact) mass is 353 g/mol. The molecular formula is C21H27N3O2. The summed E-state index contributed by atoms with van der Waals surface area (Å²) in [5.74, 6) is 3.36. The normalized spacial score (nSPS) is 24.8. The van der Waals surface area contributed by atoms with Gasteiger partial charge in [-0.15, -0.1) is 0 Å². The third-order valence-electron chi connectivity index (χ3n) is 5.79. The maximum absolute atomic E-state index is 6.14. The van der Waals surface area contributed by atoms with Crippen LogP contribution in [-0.4, -0.2) is 40.7 Å². The Morgan fingerprint density at radius 2 is 1.96 bits per heavy atom. The van der Waals surface area contributed by atoms with Crippen molar-refractivity contribution >= 4 is 0 Å². The molecule has 0 N–H and O–H groups in total. The molecule has 0 amide bonds. The molecule has 138 valence electrons. The van der Waals surface area contributed by atoms with E-state index in [1.165, 1.54) is 24.8 Å². The predicted molar refractivity (Wildman–Crippen MR) is 100 cm³/mol. The van der Waals surface area contributed by atoms with Gasteiger partial charge in [0.1, 0.15) is 23.9 Å². The molecule has 2 aliphatic rings. The van der Waals surface area contributed by atoms with Gasteiger partial charge in [0.25, 0.3) is 0 Å². The highest BCUT2D eigenvalue weighted by atomic mass is 16.5. The Morgan fingerprint density at radius 1 is 1.15 bits per heavy atom. The summed E-state index contributed by atoms with van der Waals surface area (Å²) in [6.45, 7) is 3.72. The first kappa shape index (κ1) is 17.3. The molecule has 5 heteroatoms. The molecule has 3 atom stereocenters. The average molecular weight is 353 g/mol. The third kappa shape index (κ3) is 3.54. The van der Waals surface area contributed by atoms with Gasteiger partial charge in [0.05, 0.1) is 7.11 Å². The van der Waals surface area contributed by atoms with Crippen molar-refractivity contribution in [3.05, 3.63) is 48.0 Å². The number of rotatable bonds is 7. The van der Waals surface area contributed by atoms with Crippen LogP contribution in [0.3, 0.4) is 0 Å². The molecule has 1 aromatic carbocycles. The topological polar surface area (TPSA) is 47.5 Å². The quantitative estimate of drug-likeness (QED) is 0.763. The van der Waals surface area contributed by atoms with E-state index in [2.05, 4.69) is 21.8 Å². The lowest BCUT2D eigenvalue weighted by atomic mass is 9.99. The SMILES string of the molecule is CCc1ncc(CN2[C@@H]3CC[C@H](C3)[C@@H]2COc2cccc(OC)c2)cn1. The van der Waals surface area contributed by atoms with Gasteiger partial charge in [-0.1, -0.05) is 13.0 Å². The van der Waals surface area contributed by atoms with E-state index in [0.29, 0.717) is 12.1 Å². The molecule has 5 nitrogen and oxygen atoms in total. The number of nitrogens with zero attached hydrogens (tertiary/aromatic N) is 3. The zero-order chi connectivity index (χ0) is 17.9. The Hall–Kier alpha value is -2.14. The first-order valence-corrected chi connectivity index (χ1v) is 9.59. The van der Waals surface area contributed by atoms with Gasteiger partial charge in [0.2, 0.25) is 0 Å². The molecule has 1 saturated carbocycles. The molecule has 1 aliphatic heterocycles. The largest absolute Gasteiger partial charge is 0.497 e. The second kappa shape index (κ2) is 7.62. The fourth-order valence-corrected chi connectivity index (χ4v) is 4.39. The Kier molecular flexibility index (Phi) is 5.07. The Bertz CT molecular complexity index is 734. The number of likely N-dealkylation sites (tertiary alicyclic amines) is 1. The van der Waals surface area contributed by atoms with E-state index in [0.717, 1.165) is 42.8 Å². The standard InChI is InChI=1S/C21H27N3O2/c1-3-21-22-11-15(12-23-21)13-24-17-8-7-16(9-17)20(24)14-26-19-6-4-5-18(10-19)25-2/h4-6,10-12,16-17,20H,3,7-9,13-14H2,1-2H3/t16-,17-,20+/m1/s1. The van der Waals surface area contributed by atoms with E-state index >= 15 is 0 Å². The number of benzene rings is 1. The Labute approximate surface area is 155 Å².